The number of rotatable bonds is 3. The van der Waals surface area contributed by atoms with Crippen molar-refractivity contribution in [1.82, 2.24) is 0 Å². The summed E-state index contributed by atoms with van der Waals surface area (Å²) >= 11 is 9.30. The van der Waals surface area contributed by atoms with E-state index in [0.29, 0.717) is 19.3 Å². The largest absolute Gasteiger partial charge is 0.392 e. The Balaban J connectivity index is 2.43. The molecule has 2 N–H and O–H groups in total. The highest BCUT2D eigenvalue weighted by Gasteiger charge is 2.75. The zero-order valence-corrected chi connectivity index (χ0v) is 10.6. The van der Waals surface area contributed by atoms with Gasteiger partial charge in [-0.25, -0.2) is 0 Å². The Hall–Kier alpha value is 0.220. The number of hydrogen-bond acceptors (Lipinski definition) is 2. The molecule has 2 fully saturated rings. The van der Waals surface area contributed by atoms with Gasteiger partial charge < -0.3 is 10.2 Å². The van der Waals surface area contributed by atoms with Crippen LogP contribution in [0.3, 0.4) is 0 Å². The van der Waals surface area contributed by atoms with Gasteiger partial charge in [0.15, 0.2) is 0 Å². The Labute approximate surface area is 111 Å². The van der Waals surface area contributed by atoms with Gasteiger partial charge in [-0.3, -0.25) is 0 Å². The normalized spacial score (nSPS) is 37.3. The van der Waals surface area contributed by atoms with Crippen LogP contribution in [0.4, 0.5) is 17.6 Å². The molecule has 0 heterocycles. The molecular formula is C10H12Cl2F4O2. The maximum atomic E-state index is 13.3. The molecule has 0 aromatic rings. The summed E-state index contributed by atoms with van der Waals surface area (Å²) in [4.78, 5) is 0. The molecule has 2 saturated carbocycles. The van der Waals surface area contributed by atoms with Crippen LogP contribution in [-0.4, -0.2) is 32.7 Å². The van der Waals surface area contributed by atoms with Crippen LogP contribution >= 0.6 is 23.2 Å². The predicted octanol–water partition coefficient (Wildman–Crippen LogP) is 2.79. The van der Waals surface area contributed by atoms with Crippen LogP contribution < -0.4 is 0 Å². The van der Waals surface area contributed by atoms with Crippen LogP contribution in [0.1, 0.15) is 19.3 Å². The zero-order chi connectivity index (χ0) is 13.9. The van der Waals surface area contributed by atoms with E-state index in [-0.39, 0.29) is 5.92 Å². The molecule has 0 saturated heterocycles. The SMILES string of the molecule is OC1C2CCC(C2)C1C(O)(C(F)(F)Cl)C(F)(F)Cl. The van der Waals surface area contributed by atoms with Gasteiger partial charge in [0, 0.05) is 5.92 Å². The summed E-state index contributed by atoms with van der Waals surface area (Å²) in [5.41, 5.74) is -3.96. The fourth-order valence-electron chi connectivity index (χ4n) is 3.39. The number of hydrogen-bond donors (Lipinski definition) is 2. The lowest BCUT2D eigenvalue weighted by molar-refractivity contribution is -0.264. The first-order chi connectivity index (χ1) is 8.00. The van der Waals surface area contributed by atoms with Crippen LogP contribution in [0.5, 0.6) is 0 Å². The first kappa shape index (κ1) is 14.6. The van der Waals surface area contributed by atoms with Gasteiger partial charge >= 0.3 is 10.8 Å². The van der Waals surface area contributed by atoms with Gasteiger partial charge in [-0.05, 0) is 54.3 Å². The molecule has 4 unspecified atom stereocenters. The molecule has 0 radical (unpaired) electrons. The van der Waals surface area contributed by atoms with E-state index in [4.69, 9.17) is 0 Å². The first-order valence-electron chi connectivity index (χ1n) is 5.54. The van der Waals surface area contributed by atoms with Crippen molar-refractivity contribution in [3.8, 4) is 0 Å². The Morgan fingerprint density at radius 3 is 1.72 bits per heavy atom. The van der Waals surface area contributed by atoms with Crippen molar-refractivity contribution in [2.45, 2.75) is 41.7 Å². The molecule has 2 aliphatic carbocycles. The predicted molar refractivity (Wildman–Crippen MR) is 56.9 cm³/mol. The molecule has 0 amide bonds. The highest BCUT2D eigenvalue weighted by molar-refractivity contribution is 6.26. The minimum absolute atomic E-state index is 0.327. The van der Waals surface area contributed by atoms with E-state index in [1.54, 1.807) is 0 Å². The fraction of sp³-hybridized carbons (Fsp3) is 1.00. The highest BCUT2D eigenvalue weighted by Crippen LogP contribution is 2.60. The van der Waals surface area contributed by atoms with Crippen molar-refractivity contribution in [1.29, 1.82) is 0 Å². The number of fused-ring (bicyclic) bond motifs is 2. The molecule has 0 aromatic carbocycles. The smallest absolute Gasteiger partial charge is 0.357 e. The van der Waals surface area contributed by atoms with Gasteiger partial charge in [0.2, 0.25) is 5.60 Å². The average Bonchev–Trinajstić information content (AvgIpc) is 2.73. The van der Waals surface area contributed by atoms with Crippen molar-refractivity contribution >= 4 is 23.2 Å². The van der Waals surface area contributed by atoms with Crippen molar-refractivity contribution in [2.24, 2.45) is 17.8 Å². The van der Waals surface area contributed by atoms with Crippen molar-refractivity contribution in [2.75, 3.05) is 0 Å². The van der Waals surface area contributed by atoms with Crippen molar-refractivity contribution < 1.29 is 27.8 Å². The van der Waals surface area contributed by atoms with E-state index < -0.39 is 34.3 Å². The fourth-order valence-corrected chi connectivity index (χ4v) is 3.93. The van der Waals surface area contributed by atoms with E-state index in [2.05, 4.69) is 23.2 Å². The molecule has 0 spiro atoms. The minimum atomic E-state index is -4.63. The molecule has 2 rings (SSSR count). The van der Waals surface area contributed by atoms with Gasteiger partial charge in [0.25, 0.3) is 0 Å². The van der Waals surface area contributed by atoms with Gasteiger partial charge in [0.1, 0.15) is 0 Å². The topological polar surface area (TPSA) is 40.5 Å². The van der Waals surface area contributed by atoms with Gasteiger partial charge in [-0.15, -0.1) is 0 Å². The Bertz CT molecular complexity index is 326. The highest BCUT2D eigenvalue weighted by atomic mass is 35.5. The maximum absolute atomic E-state index is 13.3. The van der Waals surface area contributed by atoms with E-state index in [1.165, 1.54) is 0 Å². The van der Waals surface area contributed by atoms with Crippen LogP contribution in [0.15, 0.2) is 0 Å². The van der Waals surface area contributed by atoms with Gasteiger partial charge in [-0.1, -0.05) is 0 Å². The molecule has 4 atom stereocenters. The second-order valence-corrected chi connectivity index (χ2v) is 6.06. The second-order valence-electron chi connectivity index (χ2n) is 5.11. The molecule has 2 nitrogen and oxygen atoms in total. The summed E-state index contributed by atoms with van der Waals surface area (Å²) in [6, 6.07) is 0. The average molecular weight is 311 g/mol. The molecule has 8 heteroatoms. The van der Waals surface area contributed by atoms with Crippen molar-refractivity contribution in [3.63, 3.8) is 0 Å². The number of aliphatic hydroxyl groups is 2. The first-order valence-corrected chi connectivity index (χ1v) is 6.29. The quantitative estimate of drug-likeness (QED) is 0.621. The minimum Gasteiger partial charge on any atom is -0.392 e. The zero-order valence-electron chi connectivity index (χ0n) is 9.09. The Morgan fingerprint density at radius 1 is 0.944 bits per heavy atom. The lowest BCUT2D eigenvalue weighted by atomic mass is 9.74. The lowest BCUT2D eigenvalue weighted by Gasteiger charge is -2.44. The Morgan fingerprint density at radius 2 is 1.39 bits per heavy atom. The standard InChI is InChI=1S/C10H12Cl2F4O2/c11-9(13,14)8(18,10(12,15)16)6-4-1-2-5(3-4)7(6)17/h4-7,17-18H,1-3H2. The van der Waals surface area contributed by atoms with Gasteiger partial charge in [-0.2, -0.15) is 17.6 Å². The summed E-state index contributed by atoms with van der Waals surface area (Å²) in [5.74, 6) is -2.70. The van der Waals surface area contributed by atoms with E-state index in [9.17, 15) is 27.8 Å². The molecule has 18 heavy (non-hydrogen) atoms. The third-order valence-electron chi connectivity index (χ3n) is 4.22. The summed E-state index contributed by atoms with van der Waals surface area (Å²) in [6.45, 7) is 0. The summed E-state index contributed by atoms with van der Waals surface area (Å²) < 4.78 is 53.0. The Kier molecular flexibility index (Phi) is 3.34. The molecule has 0 aromatic heterocycles. The third kappa shape index (κ3) is 1.84. The van der Waals surface area contributed by atoms with Crippen LogP contribution in [0, 0.1) is 17.8 Å². The van der Waals surface area contributed by atoms with Gasteiger partial charge in [0.05, 0.1) is 6.10 Å². The maximum Gasteiger partial charge on any atom is 0.357 e. The van der Waals surface area contributed by atoms with E-state index in [0.717, 1.165) is 0 Å². The molecule has 106 valence electrons. The number of aliphatic hydroxyl groups excluding tert-OH is 1. The number of alkyl halides is 6. The molecule has 0 aliphatic heterocycles. The molecule has 2 aliphatic rings. The third-order valence-corrected chi connectivity index (χ3v) is 4.80. The number of halogens is 6. The lowest BCUT2D eigenvalue weighted by Crippen LogP contribution is -2.64. The summed E-state index contributed by atoms with van der Waals surface area (Å²) in [5, 5.41) is 10.3. The second kappa shape index (κ2) is 4.11. The van der Waals surface area contributed by atoms with Crippen LogP contribution in [0.25, 0.3) is 0 Å². The van der Waals surface area contributed by atoms with E-state index in [1.807, 2.05) is 0 Å². The van der Waals surface area contributed by atoms with Crippen LogP contribution in [-0.2, 0) is 0 Å². The van der Waals surface area contributed by atoms with Crippen molar-refractivity contribution in [3.05, 3.63) is 0 Å². The summed E-state index contributed by atoms with van der Waals surface area (Å²) in [7, 11) is 0. The van der Waals surface area contributed by atoms with E-state index >= 15 is 0 Å². The monoisotopic (exact) mass is 310 g/mol. The molecular weight excluding hydrogens is 299 g/mol. The van der Waals surface area contributed by atoms with Crippen LogP contribution in [0.2, 0.25) is 0 Å². The molecule has 2 bridgehead atoms. The summed E-state index contributed by atoms with van der Waals surface area (Å²) in [6.07, 6.45) is -0.147.